The second-order valence-electron chi connectivity index (χ2n) is 5.66. The van der Waals surface area contributed by atoms with E-state index in [4.69, 9.17) is 4.74 Å². The van der Waals surface area contributed by atoms with Gasteiger partial charge in [-0.25, -0.2) is 4.79 Å². The SMILES string of the molecule is CC1(NC(=O)N[C@H](c2ccccc2)C(F)(F)F)CCOCC1. The van der Waals surface area contributed by atoms with Gasteiger partial charge in [0.25, 0.3) is 0 Å². The molecule has 0 aromatic heterocycles. The van der Waals surface area contributed by atoms with Gasteiger partial charge in [-0.2, -0.15) is 13.2 Å². The minimum Gasteiger partial charge on any atom is -0.381 e. The second kappa shape index (κ2) is 6.56. The Morgan fingerprint density at radius 1 is 1.23 bits per heavy atom. The van der Waals surface area contributed by atoms with Gasteiger partial charge in [-0.05, 0) is 25.3 Å². The molecule has 0 radical (unpaired) electrons. The number of benzene rings is 1. The molecule has 1 fully saturated rings. The minimum atomic E-state index is -4.56. The van der Waals surface area contributed by atoms with Crippen LogP contribution < -0.4 is 10.6 Å². The third-order valence-corrected chi connectivity index (χ3v) is 3.75. The average molecular weight is 316 g/mol. The highest BCUT2D eigenvalue weighted by Gasteiger charge is 2.42. The van der Waals surface area contributed by atoms with Gasteiger partial charge in [-0.15, -0.1) is 0 Å². The van der Waals surface area contributed by atoms with E-state index in [0.717, 1.165) is 0 Å². The lowest BCUT2D eigenvalue weighted by molar-refractivity contribution is -0.155. The predicted molar refractivity (Wildman–Crippen MR) is 75.4 cm³/mol. The van der Waals surface area contributed by atoms with Crippen molar-refractivity contribution in [2.75, 3.05) is 13.2 Å². The van der Waals surface area contributed by atoms with Crippen molar-refractivity contribution >= 4 is 6.03 Å². The number of hydrogen-bond acceptors (Lipinski definition) is 2. The number of halogens is 3. The molecule has 122 valence electrons. The molecule has 1 aliphatic heterocycles. The first-order valence-corrected chi connectivity index (χ1v) is 7.08. The highest BCUT2D eigenvalue weighted by Crippen LogP contribution is 2.32. The van der Waals surface area contributed by atoms with Gasteiger partial charge in [0, 0.05) is 18.8 Å². The minimum absolute atomic E-state index is 0.00211. The van der Waals surface area contributed by atoms with E-state index in [-0.39, 0.29) is 5.56 Å². The summed E-state index contributed by atoms with van der Waals surface area (Å²) in [5.74, 6) is 0. The van der Waals surface area contributed by atoms with Crippen molar-refractivity contribution in [3.8, 4) is 0 Å². The van der Waals surface area contributed by atoms with Crippen molar-refractivity contribution in [3.63, 3.8) is 0 Å². The highest BCUT2D eigenvalue weighted by atomic mass is 19.4. The fraction of sp³-hybridized carbons (Fsp3) is 0.533. The number of carbonyl (C=O) groups excluding carboxylic acids is 1. The number of hydrogen-bond donors (Lipinski definition) is 2. The third-order valence-electron chi connectivity index (χ3n) is 3.75. The molecule has 0 bridgehead atoms. The molecule has 1 aromatic carbocycles. The second-order valence-corrected chi connectivity index (χ2v) is 5.66. The van der Waals surface area contributed by atoms with Crippen LogP contribution in [0, 0.1) is 0 Å². The Labute approximate surface area is 127 Å². The molecule has 22 heavy (non-hydrogen) atoms. The molecule has 2 rings (SSSR count). The highest BCUT2D eigenvalue weighted by molar-refractivity contribution is 5.75. The number of carbonyl (C=O) groups is 1. The average Bonchev–Trinajstić information content (AvgIpc) is 2.45. The number of rotatable bonds is 3. The van der Waals surface area contributed by atoms with Gasteiger partial charge in [0.1, 0.15) is 0 Å². The van der Waals surface area contributed by atoms with Crippen molar-refractivity contribution < 1.29 is 22.7 Å². The summed E-state index contributed by atoms with van der Waals surface area (Å²) in [5, 5.41) is 4.67. The van der Waals surface area contributed by atoms with Crippen molar-refractivity contribution in [2.24, 2.45) is 0 Å². The van der Waals surface area contributed by atoms with Crippen molar-refractivity contribution in [1.82, 2.24) is 10.6 Å². The largest absolute Gasteiger partial charge is 0.412 e. The molecule has 0 saturated carbocycles. The zero-order chi connectivity index (χ0) is 16.2. The van der Waals surface area contributed by atoms with Gasteiger partial charge < -0.3 is 15.4 Å². The molecule has 1 aliphatic rings. The van der Waals surface area contributed by atoms with E-state index in [0.29, 0.717) is 26.1 Å². The summed E-state index contributed by atoms with van der Waals surface area (Å²) in [6.07, 6.45) is -3.42. The molecule has 2 N–H and O–H groups in total. The topological polar surface area (TPSA) is 50.4 Å². The maximum absolute atomic E-state index is 13.2. The zero-order valence-corrected chi connectivity index (χ0v) is 12.2. The van der Waals surface area contributed by atoms with Gasteiger partial charge >= 0.3 is 12.2 Å². The first kappa shape index (κ1) is 16.6. The smallest absolute Gasteiger partial charge is 0.381 e. The van der Waals surface area contributed by atoms with Crippen LogP contribution in [0.4, 0.5) is 18.0 Å². The fourth-order valence-electron chi connectivity index (χ4n) is 2.39. The Kier molecular flexibility index (Phi) is 4.95. The number of alkyl halides is 3. The molecule has 0 aliphatic carbocycles. The van der Waals surface area contributed by atoms with E-state index in [1.165, 1.54) is 24.3 Å². The van der Waals surface area contributed by atoms with E-state index in [1.807, 2.05) is 5.32 Å². The first-order chi connectivity index (χ1) is 10.3. The summed E-state index contributed by atoms with van der Waals surface area (Å²) in [5.41, 5.74) is -0.544. The Morgan fingerprint density at radius 2 is 1.82 bits per heavy atom. The van der Waals surface area contributed by atoms with Crippen LogP contribution in [0.15, 0.2) is 30.3 Å². The molecule has 2 amide bonds. The number of nitrogens with one attached hydrogen (secondary N) is 2. The molecule has 4 nitrogen and oxygen atoms in total. The van der Waals surface area contributed by atoms with E-state index >= 15 is 0 Å². The molecule has 1 aromatic rings. The van der Waals surface area contributed by atoms with Crippen molar-refractivity contribution in [1.29, 1.82) is 0 Å². The van der Waals surface area contributed by atoms with Crippen LogP contribution in [0.5, 0.6) is 0 Å². The standard InChI is InChI=1S/C15H19F3N2O2/c1-14(7-9-22-10-8-14)20-13(21)19-12(15(16,17)18)11-5-3-2-4-6-11/h2-6,12H,7-10H2,1H3,(H2,19,20,21)/t12-/m1/s1. The Hall–Kier alpha value is -1.76. The molecule has 0 unspecified atom stereocenters. The van der Waals surface area contributed by atoms with Gasteiger partial charge in [-0.1, -0.05) is 30.3 Å². The summed E-state index contributed by atoms with van der Waals surface area (Å²) in [6.45, 7) is 2.77. The molecular formula is C15H19F3N2O2. The number of urea groups is 1. The predicted octanol–water partition coefficient (Wildman–Crippen LogP) is 3.16. The zero-order valence-electron chi connectivity index (χ0n) is 12.2. The van der Waals surface area contributed by atoms with Crippen LogP contribution in [0.2, 0.25) is 0 Å². The fourth-order valence-corrected chi connectivity index (χ4v) is 2.39. The summed E-state index contributed by atoms with van der Waals surface area (Å²) in [6, 6.07) is 4.47. The Bertz CT molecular complexity index is 499. The van der Waals surface area contributed by atoms with Gasteiger partial charge in [0.05, 0.1) is 0 Å². The summed E-state index contributed by atoms with van der Waals surface area (Å²) >= 11 is 0. The van der Waals surface area contributed by atoms with E-state index < -0.39 is 23.8 Å². The number of amides is 2. The van der Waals surface area contributed by atoms with Crippen LogP contribution >= 0.6 is 0 Å². The van der Waals surface area contributed by atoms with Crippen LogP contribution in [-0.2, 0) is 4.74 Å². The molecule has 1 saturated heterocycles. The van der Waals surface area contributed by atoms with Crippen molar-refractivity contribution in [2.45, 2.75) is 37.5 Å². The quantitative estimate of drug-likeness (QED) is 0.900. The van der Waals surface area contributed by atoms with E-state index in [1.54, 1.807) is 13.0 Å². The number of ether oxygens (including phenoxy) is 1. The van der Waals surface area contributed by atoms with Crippen LogP contribution in [-0.4, -0.2) is 31.0 Å². The molecule has 1 heterocycles. The molecule has 0 spiro atoms. The van der Waals surface area contributed by atoms with Crippen LogP contribution in [0.1, 0.15) is 31.4 Å². The summed E-state index contributed by atoms with van der Waals surface area (Å²) < 4.78 is 44.7. The first-order valence-electron chi connectivity index (χ1n) is 7.08. The van der Waals surface area contributed by atoms with Crippen LogP contribution in [0.3, 0.4) is 0 Å². The van der Waals surface area contributed by atoms with E-state index in [2.05, 4.69) is 5.32 Å². The van der Waals surface area contributed by atoms with Crippen molar-refractivity contribution in [3.05, 3.63) is 35.9 Å². The van der Waals surface area contributed by atoms with Crippen LogP contribution in [0.25, 0.3) is 0 Å². The molecule has 7 heteroatoms. The Morgan fingerprint density at radius 3 is 2.36 bits per heavy atom. The molecular weight excluding hydrogens is 297 g/mol. The van der Waals surface area contributed by atoms with E-state index in [9.17, 15) is 18.0 Å². The lowest BCUT2D eigenvalue weighted by atomic mass is 9.93. The molecule has 1 atom stereocenters. The normalized spacial score (nSPS) is 19.3. The van der Waals surface area contributed by atoms with Gasteiger partial charge in [-0.3, -0.25) is 0 Å². The Balaban J connectivity index is 2.06. The monoisotopic (exact) mass is 316 g/mol. The summed E-state index contributed by atoms with van der Waals surface area (Å²) in [7, 11) is 0. The summed E-state index contributed by atoms with van der Waals surface area (Å²) in [4.78, 5) is 12.0. The maximum Gasteiger partial charge on any atom is 0.412 e. The lowest BCUT2D eigenvalue weighted by Gasteiger charge is -2.35. The maximum atomic E-state index is 13.2. The van der Waals surface area contributed by atoms with Gasteiger partial charge in [0.15, 0.2) is 6.04 Å². The lowest BCUT2D eigenvalue weighted by Crippen LogP contribution is -2.54. The third kappa shape index (κ3) is 4.37. The van der Waals surface area contributed by atoms with Gasteiger partial charge in [0.2, 0.25) is 0 Å².